The summed E-state index contributed by atoms with van der Waals surface area (Å²) in [7, 11) is 0. The number of hydrogen-bond acceptors (Lipinski definition) is 3. The lowest BCUT2D eigenvalue weighted by molar-refractivity contribution is 0.183. The van der Waals surface area contributed by atoms with Gasteiger partial charge >= 0.3 is 0 Å². The number of H-pyrrole nitrogens is 1. The van der Waals surface area contributed by atoms with Gasteiger partial charge in [0, 0.05) is 19.8 Å². The molecule has 0 spiro atoms. The number of fused-ring (bicyclic) bond motifs is 1. The number of aryl methyl sites for hydroxylation is 1. The number of aromatic amines is 1. The molecule has 5 heteroatoms. The van der Waals surface area contributed by atoms with Gasteiger partial charge in [0.05, 0.1) is 12.1 Å². The minimum atomic E-state index is 0.663. The van der Waals surface area contributed by atoms with E-state index in [0.29, 0.717) is 5.92 Å². The molecule has 0 radical (unpaired) electrons. The van der Waals surface area contributed by atoms with Crippen molar-refractivity contribution in [3.05, 3.63) is 23.0 Å². The van der Waals surface area contributed by atoms with E-state index in [1.807, 2.05) is 12.1 Å². The normalized spacial score (nSPS) is 18.4. The average Bonchev–Trinajstić information content (AvgIpc) is 3.10. The van der Waals surface area contributed by atoms with Crippen LogP contribution >= 0.6 is 12.2 Å². The Morgan fingerprint density at radius 3 is 3.14 bits per heavy atom. The average molecular weight is 306 g/mol. The molecule has 1 aliphatic rings. The van der Waals surface area contributed by atoms with Gasteiger partial charge in [0.25, 0.3) is 0 Å². The van der Waals surface area contributed by atoms with Gasteiger partial charge in [-0.3, -0.25) is 0 Å². The summed E-state index contributed by atoms with van der Waals surface area (Å²) in [5.74, 6) is 1.56. The molecule has 21 heavy (non-hydrogen) atoms. The Bertz CT molecular complexity index is 656. The predicted molar refractivity (Wildman–Crippen MR) is 86.5 cm³/mol. The summed E-state index contributed by atoms with van der Waals surface area (Å²) in [6.07, 6.45) is 3.28. The second kappa shape index (κ2) is 6.62. The maximum absolute atomic E-state index is 5.80. The molecular weight excluding hydrogens is 284 g/mol. The smallest absolute Gasteiger partial charge is 0.178 e. The fraction of sp³-hybridized carbons (Fsp3) is 0.562. The number of nitrogens with one attached hydrogen (secondary N) is 1. The zero-order chi connectivity index (χ0) is 14.7. The van der Waals surface area contributed by atoms with Crippen LogP contribution in [-0.4, -0.2) is 29.4 Å². The standard InChI is InChI=1S/C16H22N2O2S/c1-2-9-20-14-5-3-4-13-15(14)17-16(21)18(13)8-6-12-7-10-19-11-12/h3-5,12H,2,6-11H2,1H3,(H,17,21). The van der Waals surface area contributed by atoms with E-state index in [4.69, 9.17) is 21.7 Å². The lowest BCUT2D eigenvalue weighted by Gasteiger charge is -2.09. The number of rotatable bonds is 6. The van der Waals surface area contributed by atoms with Gasteiger partial charge in [-0.2, -0.15) is 0 Å². The quantitative estimate of drug-likeness (QED) is 0.822. The van der Waals surface area contributed by atoms with Crippen LogP contribution < -0.4 is 4.74 Å². The lowest BCUT2D eigenvalue weighted by Crippen LogP contribution is -2.06. The molecule has 4 nitrogen and oxygen atoms in total. The van der Waals surface area contributed by atoms with E-state index in [2.05, 4.69) is 22.5 Å². The molecule has 1 aromatic carbocycles. The van der Waals surface area contributed by atoms with E-state index in [0.717, 1.165) is 60.8 Å². The summed E-state index contributed by atoms with van der Waals surface area (Å²) < 4.78 is 14.2. The maximum atomic E-state index is 5.80. The first-order chi connectivity index (χ1) is 10.3. The number of ether oxygens (including phenoxy) is 2. The van der Waals surface area contributed by atoms with E-state index >= 15 is 0 Å². The molecular formula is C16H22N2O2S. The molecule has 1 aliphatic heterocycles. The Morgan fingerprint density at radius 1 is 1.48 bits per heavy atom. The Hall–Kier alpha value is -1.33. The number of aromatic nitrogens is 2. The molecule has 114 valence electrons. The first kappa shape index (κ1) is 14.6. The number of para-hydroxylation sites is 1. The molecule has 1 N–H and O–H groups in total. The Labute approximate surface area is 130 Å². The topological polar surface area (TPSA) is 39.2 Å². The fourth-order valence-corrected chi connectivity index (χ4v) is 3.12. The summed E-state index contributed by atoms with van der Waals surface area (Å²) in [6, 6.07) is 6.13. The number of hydrogen-bond donors (Lipinski definition) is 1. The summed E-state index contributed by atoms with van der Waals surface area (Å²) in [5, 5.41) is 0. The second-order valence-electron chi connectivity index (χ2n) is 5.60. The summed E-state index contributed by atoms with van der Waals surface area (Å²) in [6.45, 7) is 5.56. The Kier molecular flexibility index (Phi) is 4.60. The van der Waals surface area contributed by atoms with E-state index in [1.165, 1.54) is 6.42 Å². The van der Waals surface area contributed by atoms with Crippen LogP contribution in [0.5, 0.6) is 5.75 Å². The van der Waals surface area contributed by atoms with Gasteiger partial charge in [-0.05, 0) is 49.5 Å². The molecule has 1 fully saturated rings. The van der Waals surface area contributed by atoms with Crippen molar-refractivity contribution in [3.63, 3.8) is 0 Å². The molecule has 0 aliphatic carbocycles. The zero-order valence-electron chi connectivity index (χ0n) is 12.4. The van der Waals surface area contributed by atoms with Gasteiger partial charge in [0.2, 0.25) is 0 Å². The number of nitrogens with zero attached hydrogens (tertiary/aromatic N) is 1. The van der Waals surface area contributed by atoms with E-state index in [9.17, 15) is 0 Å². The minimum absolute atomic E-state index is 0.663. The monoisotopic (exact) mass is 306 g/mol. The first-order valence-corrected chi connectivity index (χ1v) is 8.12. The largest absolute Gasteiger partial charge is 0.491 e. The van der Waals surface area contributed by atoms with Crippen molar-refractivity contribution in [1.82, 2.24) is 9.55 Å². The third-order valence-corrected chi connectivity index (χ3v) is 4.34. The van der Waals surface area contributed by atoms with E-state index in [-0.39, 0.29) is 0 Å². The molecule has 0 amide bonds. The summed E-state index contributed by atoms with van der Waals surface area (Å²) in [5.41, 5.74) is 2.14. The molecule has 1 saturated heterocycles. The highest BCUT2D eigenvalue weighted by atomic mass is 32.1. The molecule has 1 unspecified atom stereocenters. The number of benzene rings is 1. The number of imidazole rings is 1. The van der Waals surface area contributed by atoms with Crippen molar-refractivity contribution in [2.75, 3.05) is 19.8 Å². The highest BCUT2D eigenvalue weighted by Gasteiger charge is 2.16. The summed E-state index contributed by atoms with van der Waals surface area (Å²) >= 11 is 5.49. The predicted octanol–water partition coefficient (Wildman–Crippen LogP) is 3.91. The Morgan fingerprint density at radius 2 is 2.38 bits per heavy atom. The molecule has 3 rings (SSSR count). The van der Waals surface area contributed by atoms with Crippen molar-refractivity contribution < 1.29 is 9.47 Å². The minimum Gasteiger partial charge on any atom is -0.491 e. The third-order valence-electron chi connectivity index (χ3n) is 4.02. The fourth-order valence-electron chi connectivity index (χ4n) is 2.83. The maximum Gasteiger partial charge on any atom is 0.178 e. The third kappa shape index (κ3) is 3.14. The van der Waals surface area contributed by atoms with Crippen LogP contribution in [0.1, 0.15) is 26.2 Å². The van der Waals surface area contributed by atoms with Crippen LogP contribution in [-0.2, 0) is 11.3 Å². The van der Waals surface area contributed by atoms with E-state index < -0.39 is 0 Å². The van der Waals surface area contributed by atoms with Crippen molar-refractivity contribution in [2.45, 2.75) is 32.7 Å². The van der Waals surface area contributed by atoms with Crippen LogP contribution in [0.3, 0.4) is 0 Å². The lowest BCUT2D eigenvalue weighted by atomic mass is 10.1. The van der Waals surface area contributed by atoms with Crippen molar-refractivity contribution in [2.24, 2.45) is 5.92 Å². The SMILES string of the molecule is CCCOc1cccc2c1[nH]c(=S)n2CCC1CCOC1. The van der Waals surface area contributed by atoms with Gasteiger partial charge in [-0.15, -0.1) is 0 Å². The summed E-state index contributed by atoms with van der Waals surface area (Å²) in [4.78, 5) is 3.30. The van der Waals surface area contributed by atoms with Gasteiger partial charge in [0.15, 0.2) is 4.77 Å². The first-order valence-electron chi connectivity index (χ1n) is 7.71. The highest BCUT2D eigenvalue weighted by molar-refractivity contribution is 7.71. The molecule has 0 saturated carbocycles. The van der Waals surface area contributed by atoms with Crippen LogP contribution in [0.15, 0.2) is 18.2 Å². The molecule has 1 aromatic heterocycles. The Balaban J connectivity index is 1.84. The van der Waals surface area contributed by atoms with Gasteiger partial charge < -0.3 is 19.0 Å². The van der Waals surface area contributed by atoms with Crippen LogP contribution in [0.2, 0.25) is 0 Å². The van der Waals surface area contributed by atoms with Crippen molar-refractivity contribution in [1.29, 1.82) is 0 Å². The van der Waals surface area contributed by atoms with Crippen molar-refractivity contribution in [3.8, 4) is 5.75 Å². The second-order valence-corrected chi connectivity index (χ2v) is 5.99. The van der Waals surface area contributed by atoms with Crippen LogP contribution in [0, 0.1) is 10.7 Å². The van der Waals surface area contributed by atoms with Crippen LogP contribution in [0.4, 0.5) is 0 Å². The van der Waals surface area contributed by atoms with E-state index in [1.54, 1.807) is 0 Å². The van der Waals surface area contributed by atoms with Crippen molar-refractivity contribution >= 4 is 23.3 Å². The highest BCUT2D eigenvalue weighted by Crippen LogP contribution is 2.26. The zero-order valence-corrected chi connectivity index (χ0v) is 13.2. The van der Waals surface area contributed by atoms with Gasteiger partial charge in [-0.1, -0.05) is 13.0 Å². The van der Waals surface area contributed by atoms with Crippen LogP contribution in [0.25, 0.3) is 11.0 Å². The molecule has 2 heterocycles. The van der Waals surface area contributed by atoms with Gasteiger partial charge in [0.1, 0.15) is 11.3 Å². The van der Waals surface area contributed by atoms with Gasteiger partial charge in [-0.25, -0.2) is 0 Å². The molecule has 0 bridgehead atoms. The molecule has 1 atom stereocenters. The molecule has 2 aromatic rings.